The molecule has 0 spiro atoms. The molecule has 0 radical (unpaired) electrons. The van der Waals surface area contributed by atoms with Crippen molar-refractivity contribution in [3.63, 3.8) is 0 Å². The molecule has 1 saturated carbocycles. The summed E-state index contributed by atoms with van der Waals surface area (Å²) in [5.74, 6) is -0.797. The number of rotatable bonds is 4. The minimum absolute atomic E-state index is 0.0923. The van der Waals surface area contributed by atoms with Gasteiger partial charge in [-0.15, -0.1) is 0 Å². The summed E-state index contributed by atoms with van der Waals surface area (Å²) in [5, 5.41) is 11.9. The van der Waals surface area contributed by atoms with Crippen molar-refractivity contribution >= 4 is 17.5 Å². The quantitative estimate of drug-likeness (QED) is 0.867. The zero-order chi connectivity index (χ0) is 12.4. The minimum Gasteiger partial charge on any atom is -0.391 e. The highest BCUT2D eigenvalue weighted by Crippen LogP contribution is 2.32. The number of benzene rings is 1. The molecule has 3 nitrogen and oxygen atoms in total. The standard InChI is InChI=1S/C12H13ClFNO2/c13-11-8(2-1-3-9(11)14)12(17)15-6-10(16)7-4-5-7/h1-3,7,10,16H,4-6H2,(H,15,17). The number of amides is 1. The number of aliphatic hydroxyl groups excluding tert-OH is 1. The van der Waals surface area contributed by atoms with Crippen molar-refractivity contribution in [2.45, 2.75) is 18.9 Å². The lowest BCUT2D eigenvalue weighted by atomic mass is 10.2. The largest absolute Gasteiger partial charge is 0.391 e. The summed E-state index contributed by atoms with van der Waals surface area (Å²) >= 11 is 5.68. The van der Waals surface area contributed by atoms with Crippen LogP contribution in [0.25, 0.3) is 0 Å². The van der Waals surface area contributed by atoms with Crippen molar-refractivity contribution in [3.8, 4) is 0 Å². The molecule has 17 heavy (non-hydrogen) atoms. The van der Waals surface area contributed by atoms with E-state index in [1.165, 1.54) is 18.2 Å². The van der Waals surface area contributed by atoms with Gasteiger partial charge in [0.15, 0.2) is 0 Å². The van der Waals surface area contributed by atoms with E-state index in [9.17, 15) is 14.3 Å². The Hall–Kier alpha value is -1.13. The first-order valence-electron chi connectivity index (χ1n) is 5.50. The predicted molar refractivity (Wildman–Crippen MR) is 62.5 cm³/mol. The first-order chi connectivity index (χ1) is 8.09. The van der Waals surface area contributed by atoms with Crippen LogP contribution in [0, 0.1) is 11.7 Å². The van der Waals surface area contributed by atoms with E-state index in [1.54, 1.807) is 0 Å². The Bertz CT molecular complexity index is 435. The van der Waals surface area contributed by atoms with E-state index in [0.29, 0.717) is 5.92 Å². The van der Waals surface area contributed by atoms with E-state index in [2.05, 4.69) is 5.32 Å². The summed E-state index contributed by atoms with van der Waals surface area (Å²) in [5.41, 5.74) is 0.0923. The smallest absolute Gasteiger partial charge is 0.252 e. The molecule has 1 unspecified atom stereocenters. The second-order valence-electron chi connectivity index (χ2n) is 4.22. The van der Waals surface area contributed by atoms with Crippen LogP contribution in [0.1, 0.15) is 23.2 Å². The highest BCUT2D eigenvalue weighted by molar-refractivity contribution is 6.34. The molecule has 0 aromatic heterocycles. The average Bonchev–Trinajstić information content (AvgIpc) is 3.13. The lowest BCUT2D eigenvalue weighted by Crippen LogP contribution is -2.33. The number of aliphatic hydroxyl groups is 1. The van der Waals surface area contributed by atoms with Crippen LogP contribution in [0.5, 0.6) is 0 Å². The molecule has 1 atom stereocenters. The number of nitrogens with one attached hydrogen (secondary N) is 1. The van der Waals surface area contributed by atoms with E-state index in [1.807, 2.05) is 0 Å². The van der Waals surface area contributed by atoms with Gasteiger partial charge in [0.1, 0.15) is 5.82 Å². The Morgan fingerprint density at radius 2 is 2.29 bits per heavy atom. The van der Waals surface area contributed by atoms with Gasteiger partial charge in [0, 0.05) is 6.54 Å². The van der Waals surface area contributed by atoms with E-state index in [0.717, 1.165) is 12.8 Å². The van der Waals surface area contributed by atoms with Crippen molar-refractivity contribution in [1.29, 1.82) is 0 Å². The Kier molecular flexibility index (Phi) is 3.64. The third kappa shape index (κ3) is 2.96. The minimum atomic E-state index is -0.623. The van der Waals surface area contributed by atoms with Gasteiger partial charge in [-0.05, 0) is 30.9 Å². The lowest BCUT2D eigenvalue weighted by molar-refractivity contribution is 0.0901. The van der Waals surface area contributed by atoms with Crippen molar-refractivity contribution in [2.24, 2.45) is 5.92 Å². The zero-order valence-electron chi connectivity index (χ0n) is 9.12. The number of carbonyl (C=O) groups excluding carboxylic acids is 1. The molecule has 0 heterocycles. The van der Waals surface area contributed by atoms with E-state index in [-0.39, 0.29) is 17.1 Å². The lowest BCUT2D eigenvalue weighted by Gasteiger charge is -2.11. The molecule has 92 valence electrons. The Morgan fingerprint density at radius 1 is 1.59 bits per heavy atom. The van der Waals surface area contributed by atoms with Crippen LogP contribution in [-0.4, -0.2) is 23.7 Å². The number of hydrogen-bond donors (Lipinski definition) is 2. The number of halogens is 2. The molecular formula is C12H13ClFNO2. The molecule has 2 N–H and O–H groups in total. The van der Waals surface area contributed by atoms with Crippen LogP contribution >= 0.6 is 11.6 Å². The maximum absolute atomic E-state index is 13.1. The van der Waals surface area contributed by atoms with Gasteiger partial charge in [-0.25, -0.2) is 4.39 Å². The Labute approximate surface area is 104 Å². The fourth-order valence-electron chi connectivity index (χ4n) is 1.62. The predicted octanol–water partition coefficient (Wildman–Crippen LogP) is 1.98. The zero-order valence-corrected chi connectivity index (χ0v) is 9.88. The normalized spacial score (nSPS) is 16.6. The summed E-state index contributed by atoms with van der Waals surface area (Å²) in [6.45, 7) is 0.177. The van der Waals surface area contributed by atoms with Crippen molar-refractivity contribution in [1.82, 2.24) is 5.32 Å². The maximum Gasteiger partial charge on any atom is 0.252 e. The average molecular weight is 258 g/mol. The van der Waals surface area contributed by atoms with Crippen LogP contribution in [0.3, 0.4) is 0 Å². The number of carbonyl (C=O) groups is 1. The van der Waals surface area contributed by atoms with Crippen LogP contribution in [-0.2, 0) is 0 Å². The third-order valence-corrected chi connectivity index (χ3v) is 3.22. The fraction of sp³-hybridized carbons (Fsp3) is 0.417. The number of hydrogen-bond acceptors (Lipinski definition) is 2. The van der Waals surface area contributed by atoms with Gasteiger partial charge in [-0.1, -0.05) is 17.7 Å². The highest BCUT2D eigenvalue weighted by Gasteiger charge is 2.29. The highest BCUT2D eigenvalue weighted by atomic mass is 35.5. The van der Waals surface area contributed by atoms with Gasteiger partial charge in [0.2, 0.25) is 0 Å². The molecule has 1 aliphatic rings. The molecule has 5 heteroatoms. The van der Waals surface area contributed by atoms with Crippen molar-refractivity contribution in [3.05, 3.63) is 34.6 Å². The molecule has 1 aromatic rings. The third-order valence-electron chi connectivity index (χ3n) is 2.83. The van der Waals surface area contributed by atoms with Gasteiger partial charge in [0.05, 0.1) is 16.7 Å². The van der Waals surface area contributed by atoms with Gasteiger partial charge in [0.25, 0.3) is 5.91 Å². The first kappa shape index (κ1) is 12.3. The molecule has 0 bridgehead atoms. The van der Waals surface area contributed by atoms with Crippen LogP contribution < -0.4 is 5.32 Å². The molecule has 0 saturated heterocycles. The van der Waals surface area contributed by atoms with Crippen molar-refractivity contribution in [2.75, 3.05) is 6.54 Å². The van der Waals surface area contributed by atoms with Crippen LogP contribution in [0.15, 0.2) is 18.2 Å². The molecule has 2 rings (SSSR count). The van der Waals surface area contributed by atoms with Gasteiger partial charge < -0.3 is 10.4 Å². The SMILES string of the molecule is O=C(NCC(O)C1CC1)c1cccc(F)c1Cl. The molecule has 1 fully saturated rings. The fourth-order valence-corrected chi connectivity index (χ4v) is 1.83. The summed E-state index contributed by atoms with van der Waals surface area (Å²) in [4.78, 5) is 11.7. The van der Waals surface area contributed by atoms with Crippen molar-refractivity contribution < 1.29 is 14.3 Å². The van der Waals surface area contributed by atoms with E-state index in [4.69, 9.17) is 11.6 Å². The molecule has 1 aliphatic carbocycles. The van der Waals surface area contributed by atoms with Crippen LogP contribution in [0.4, 0.5) is 4.39 Å². The summed E-state index contributed by atoms with van der Waals surface area (Å²) in [6, 6.07) is 4.07. The Morgan fingerprint density at radius 3 is 2.94 bits per heavy atom. The second kappa shape index (κ2) is 5.02. The summed E-state index contributed by atoms with van der Waals surface area (Å²) in [6.07, 6.45) is 1.47. The van der Waals surface area contributed by atoms with Gasteiger partial charge >= 0.3 is 0 Å². The molecule has 0 aliphatic heterocycles. The molecule has 1 aromatic carbocycles. The topological polar surface area (TPSA) is 49.3 Å². The molecular weight excluding hydrogens is 245 g/mol. The Balaban J connectivity index is 1.96. The van der Waals surface area contributed by atoms with E-state index >= 15 is 0 Å². The summed E-state index contributed by atoms with van der Waals surface area (Å²) < 4.78 is 13.1. The summed E-state index contributed by atoms with van der Waals surface area (Å²) in [7, 11) is 0. The molecule has 1 amide bonds. The van der Waals surface area contributed by atoms with Gasteiger partial charge in [-0.2, -0.15) is 0 Å². The second-order valence-corrected chi connectivity index (χ2v) is 4.59. The van der Waals surface area contributed by atoms with E-state index < -0.39 is 17.8 Å². The van der Waals surface area contributed by atoms with Crippen LogP contribution in [0.2, 0.25) is 5.02 Å². The van der Waals surface area contributed by atoms with Gasteiger partial charge in [-0.3, -0.25) is 4.79 Å². The maximum atomic E-state index is 13.1. The monoisotopic (exact) mass is 257 g/mol. The first-order valence-corrected chi connectivity index (χ1v) is 5.87.